The third-order valence-corrected chi connectivity index (χ3v) is 16.7. The lowest BCUT2D eigenvalue weighted by Gasteiger charge is -2.30. The molecule has 0 saturated carbocycles. The van der Waals surface area contributed by atoms with Gasteiger partial charge in [0.05, 0.1) is 30.6 Å². The first-order chi connectivity index (χ1) is 48.0. The molecule has 1 aromatic carbocycles. The Morgan fingerprint density at radius 3 is 1.32 bits per heavy atom. The maximum atomic E-state index is 14.3. The number of carboxylic acid groups (broad SMARTS) is 1. The molecule has 0 radical (unpaired) electrons. The Hall–Kier alpha value is -8.98. The van der Waals surface area contributed by atoms with Crippen molar-refractivity contribution < 1.29 is 82.1 Å². The van der Waals surface area contributed by atoms with Gasteiger partial charge in [-0.15, -0.1) is 0 Å². The number of aromatic nitrogens is 2. The fourth-order valence-corrected chi connectivity index (χ4v) is 10.4. The molecule has 0 aliphatic heterocycles. The molecular weight excluding hydrogens is 1370 g/mol. The maximum Gasteiger partial charge on any atom is 0.326 e. The predicted molar refractivity (Wildman–Crippen MR) is 379 cm³/mol. The molecule has 2 rings (SSSR count). The number of carboxylic acids is 1. The number of hydrogen-bond acceptors (Lipinski definition) is 22. The number of nitrogens with two attached hydrogens (primary N) is 5. The summed E-state index contributed by atoms with van der Waals surface area (Å²) < 4.78 is 0. The number of carbonyl (C=O) groups excluding carboxylic acids is 14. The molecule has 36 nitrogen and oxygen atoms in total. The number of thiol groups is 2. The van der Waals surface area contributed by atoms with E-state index in [0.717, 1.165) is 0 Å². The van der Waals surface area contributed by atoms with Crippen molar-refractivity contribution in [3.05, 3.63) is 54.1 Å². The normalized spacial score (nSPS) is 15.4. The van der Waals surface area contributed by atoms with Crippen molar-refractivity contribution in [1.29, 1.82) is 0 Å². The third-order valence-electron chi connectivity index (χ3n) is 15.9. The summed E-state index contributed by atoms with van der Waals surface area (Å²) in [6, 6.07) is -10.4. The highest BCUT2D eigenvalue weighted by Gasteiger charge is 2.39. The first-order valence-corrected chi connectivity index (χ1v) is 34.8. The van der Waals surface area contributed by atoms with Crippen molar-refractivity contribution in [3.8, 4) is 0 Å². The van der Waals surface area contributed by atoms with Crippen molar-refractivity contribution in [2.45, 2.75) is 211 Å². The number of primary amides is 2. The average molecular weight is 1480 g/mol. The molecule has 102 heavy (non-hydrogen) atoms. The van der Waals surface area contributed by atoms with Crippen molar-refractivity contribution in [2.24, 2.45) is 46.4 Å². The van der Waals surface area contributed by atoms with E-state index in [0.29, 0.717) is 43.5 Å². The zero-order chi connectivity index (χ0) is 77.1. The molecule has 570 valence electrons. The highest BCUT2D eigenvalue weighted by Crippen LogP contribution is 2.14. The first kappa shape index (κ1) is 89.1. The zero-order valence-electron chi connectivity index (χ0n) is 58.7. The van der Waals surface area contributed by atoms with E-state index in [-0.39, 0.29) is 43.7 Å². The first-order valence-electron chi connectivity index (χ1n) is 33.5. The van der Waals surface area contributed by atoms with Crippen molar-refractivity contribution >= 4 is 114 Å². The van der Waals surface area contributed by atoms with Gasteiger partial charge in [0.1, 0.15) is 72.5 Å². The van der Waals surface area contributed by atoms with E-state index in [1.165, 1.54) is 67.9 Å². The number of aliphatic hydroxyl groups excluding tert-OH is 1. The quantitative estimate of drug-likeness (QED) is 0.0217. The van der Waals surface area contributed by atoms with E-state index in [4.69, 9.17) is 28.7 Å². The fraction of sp³-hybridized carbons (Fsp3) is 0.625. The van der Waals surface area contributed by atoms with Crippen LogP contribution in [0.4, 0.5) is 0 Å². The van der Waals surface area contributed by atoms with Gasteiger partial charge in [-0.2, -0.15) is 25.3 Å². The number of aliphatic hydroxyl groups is 1. The molecule has 0 bridgehead atoms. The number of aromatic amines is 1. The Kier molecular flexibility index (Phi) is 40.0. The van der Waals surface area contributed by atoms with Gasteiger partial charge < -0.3 is 108 Å². The van der Waals surface area contributed by atoms with Gasteiger partial charge in [-0.25, -0.2) is 9.78 Å². The lowest BCUT2D eigenvalue weighted by atomic mass is 9.98. The van der Waals surface area contributed by atoms with Crippen LogP contribution in [0.1, 0.15) is 124 Å². The minimum atomic E-state index is -1.78. The molecule has 0 aliphatic carbocycles. The van der Waals surface area contributed by atoms with Crippen LogP contribution in [0.2, 0.25) is 0 Å². The number of carbonyl (C=O) groups is 15. The van der Waals surface area contributed by atoms with Gasteiger partial charge in [0, 0.05) is 37.0 Å². The molecule has 0 saturated heterocycles. The summed E-state index contributed by atoms with van der Waals surface area (Å²) in [4.78, 5) is 209. The second-order valence-corrected chi connectivity index (χ2v) is 26.3. The predicted octanol–water partition coefficient (Wildman–Crippen LogP) is -5.95. The smallest absolute Gasteiger partial charge is 0.326 e. The Balaban J connectivity index is 2.31. The summed E-state index contributed by atoms with van der Waals surface area (Å²) in [6.07, 6.45) is 1.12. The van der Waals surface area contributed by atoms with Gasteiger partial charge in [-0.1, -0.05) is 78.3 Å². The number of hydrogen-bond donors (Lipinski definition) is 22. The Morgan fingerprint density at radius 2 is 0.853 bits per heavy atom. The van der Waals surface area contributed by atoms with Crippen LogP contribution in [0.15, 0.2) is 42.9 Å². The number of aliphatic carboxylic acids is 1. The van der Waals surface area contributed by atoms with Gasteiger partial charge in [-0.05, 0) is 88.8 Å². The molecule has 0 unspecified atom stereocenters. The average Bonchev–Trinajstić information content (AvgIpc) is 0.939. The molecule has 25 N–H and O–H groups in total. The summed E-state index contributed by atoms with van der Waals surface area (Å²) in [6.45, 7) is 12.2. The van der Waals surface area contributed by atoms with Crippen LogP contribution in [-0.4, -0.2) is 218 Å². The number of imidazole rings is 1. The van der Waals surface area contributed by atoms with Crippen LogP contribution in [0.25, 0.3) is 0 Å². The number of nitrogens with one attached hydrogen (secondary N) is 13. The second-order valence-electron chi connectivity index (χ2n) is 25.6. The van der Waals surface area contributed by atoms with Gasteiger partial charge in [0.15, 0.2) is 0 Å². The van der Waals surface area contributed by atoms with Gasteiger partial charge in [-0.3, -0.25) is 67.1 Å². The lowest BCUT2D eigenvalue weighted by Crippen LogP contribution is -2.62. The fourth-order valence-electron chi connectivity index (χ4n) is 9.93. The number of amides is 14. The van der Waals surface area contributed by atoms with Crippen molar-refractivity contribution in [3.63, 3.8) is 0 Å². The Labute approximate surface area is 603 Å². The van der Waals surface area contributed by atoms with E-state index in [9.17, 15) is 82.1 Å². The largest absolute Gasteiger partial charge is 0.480 e. The molecule has 2 aromatic rings. The summed E-state index contributed by atoms with van der Waals surface area (Å²) >= 11 is 8.45. The molecular formula is C64H105N19O17S2. The van der Waals surface area contributed by atoms with E-state index < -0.39 is 210 Å². The van der Waals surface area contributed by atoms with E-state index in [1.807, 2.05) is 0 Å². The van der Waals surface area contributed by atoms with E-state index in [1.54, 1.807) is 30.3 Å². The van der Waals surface area contributed by atoms with Gasteiger partial charge in [0.2, 0.25) is 82.7 Å². The molecule has 0 aliphatic rings. The van der Waals surface area contributed by atoms with E-state index >= 15 is 0 Å². The summed E-state index contributed by atoms with van der Waals surface area (Å²) in [5.41, 5.74) is 29.4. The van der Waals surface area contributed by atoms with Crippen molar-refractivity contribution in [1.82, 2.24) is 73.8 Å². The van der Waals surface area contributed by atoms with Crippen LogP contribution in [0, 0.1) is 17.8 Å². The summed E-state index contributed by atoms with van der Waals surface area (Å²) in [7, 11) is 0. The topological polar surface area (TPSA) is 600 Å². The lowest BCUT2D eigenvalue weighted by molar-refractivity contribution is -0.143. The van der Waals surface area contributed by atoms with Crippen LogP contribution in [-0.2, 0) is 84.8 Å². The van der Waals surface area contributed by atoms with Crippen molar-refractivity contribution in [2.75, 3.05) is 24.6 Å². The Morgan fingerprint density at radius 1 is 0.451 bits per heavy atom. The molecule has 38 heteroatoms. The minimum Gasteiger partial charge on any atom is -0.480 e. The standard InChI is InChI=1S/C64H105N19O17S2/c1-31(2)48(82-61(96)49(32(3)4)80-57(92)42(26-47(69)86)76-58(93)44(28-101)78-52(87)34(7)72-56(91)41(24-36-16-10-9-11-17-36)75-53(88)38(67)18-12-14-22-65)60(95)74-40(20-21-46(68)85)55(90)73-39(19-13-15-23-66)54(89)79-45(29-102)59(94)81-50(33(5)6)62(97)83-51(35(8)84)63(98)77-43(64(99)100)25-37-27-70-30-71-37/h9-11,16-17,27,30-35,38-45,48-51,84,101-102H,12-15,18-26,28-29,65-67H2,1-8H3,(H2,68,85)(H2,69,86)(H,70,71)(H,72,91)(H,73,90)(H,74,95)(H,75,88)(H,76,93)(H,77,98)(H,78,87)(H,79,89)(H,80,92)(H,81,94)(H,82,96)(H,83,97)(H,99,100)/t34-,35+,38-,39-,40-,41-,42-,43-,44-,45-,48-,49-,50-,51-/m0/s1. The second kappa shape index (κ2) is 45.8. The number of rotatable bonds is 48. The SMILES string of the molecule is CC(C)[C@H](NC(=O)[C@H](CC(N)=O)NC(=O)[C@H](CS)NC(=O)[C@H](C)NC(=O)[C@H](Cc1ccccc1)NC(=O)[C@@H](N)CCCCN)C(=O)N[C@H](C(=O)N[C@@H](CCC(N)=O)C(=O)N[C@@H](CCCCN)C(=O)N[C@@H](CS)C(=O)N[C@H](C(=O)N[C@H](C(=O)N[C@@H](Cc1c[nH]cn1)C(=O)O)[C@@H](C)O)C(C)C)C(C)C. The van der Waals surface area contributed by atoms with Crippen LogP contribution in [0.3, 0.4) is 0 Å². The molecule has 0 spiro atoms. The molecule has 1 heterocycles. The molecule has 1 aromatic heterocycles. The van der Waals surface area contributed by atoms with Crippen LogP contribution in [0.5, 0.6) is 0 Å². The van der Waals surface area contributed by atoms with E-state index in [2.05, 4.69) is 99.0 Å². The number of H-pyrrole nitrogens is 1. The summed E-state index contributed by atoms with van der Waals surface area (Å²) in [5.74, 6) is -17.8. The highest BCUT2D eigenvalue weighted by atomic mass is 32.1. The molecule has 0 fully saturated rings. The third kappa shape index (κ3) is 31.5. The van der Waals surface area contributed by atoms with Crippen LogP contribution >= 0.6 is 25.3 Å². The number of benzene rings is 1. The van der Waals surface area contributed by atoms with Gasteiger partial charge >= 0.3 is 5.97 Å². The number of unbranched alkanes of at least 4 members (excludes halogenated alkanes) is 2. The minimum absolute atomic E-state index is 0.0186. The molecule has 14 amide bonds. The van der Waals surface area contributed by atoms with Gasteiger partial charge in [0.25, 0.3) is 0 Å². The van der Waals surface area contributed by atoms with Crippen LogP contribution < -0.4 is 92.5 Å². The summed E-state index contributed by atoms with van der Waals surface area (Å²) in [5, 5.41) is 50.0. The zero-order valence-corrected chi connectivity index (χ0v) is 60.5. The number of nitrogens with zero attached hydrogens (tertiary/aromatic N) is 1. The molecule has 14 atom stereocenters. The monoisotopic (exact) mass is 1480 g/mol. The maximum absolute atomic E-state index is 14.3. The highest BCUT2D eigenvalue weighted by molar-refractivity contribution is 7.80. The Bertz CT molecular complexity index is 3130.